The van der Waals surface area contributed by atoms with Crippen LogP contribution in [0.15, 0.2) is 72.8 Å². The van der Waals surface area contributed by atoms with Gasteiger partial charge >= 0.3 is 5.97 Å². The molecule has 0 saturated heterocycles. The number of rotatable bonds is 7. The predicted octanol–water partition coefficient (Wildman–Crippen LogP) is 3.71. The van der Waals surface area contributed by atoms with Crippen LogP contribution in [0.5, 0.6) is 5.75 Å². The van der Waals surface area contributed by atoms with Gasteiger partial charge in [-0.3, -0.25) is 4.79 Å². The van der Waals surface area contributed by atoms with Crippen LogP contribution in [0.2, 0.25) is 0 Å². The highest BCUT2D eigenvalue weighted by molar-refractivity contribution is 5.98. The fourth-order valence-electron chi connectivity index (χ4n) is 2.95. The van der Waals surface area contributed by atoms with Crippen LogP contribution in [0.3, 0.4) is 0 Å². The first kappa shape index (κ1) is 20.6. The number of hydrogen-bond acceptors (Lipinski definition) is 5. The lowest BCUT2D eigenvalue weighted by molar-refractivity contribution is -0.124. The van der Waals surface area contributed by atoms with Crippen LogP contribution in [0.4, 0.5) is 0 Å². The third kappa shape index (κ3) is 5.03. The Morgan fingerprint density at radius 3 is 2.47 bits per heavy atom. The van der Waals surface area contributed by atoms with Crippen molar-refractivity contribution in [2.45, 2.75) is 6.54 Å². The summed E-state index contributed by atoms with van der Waals surface area (Å²) >= 11 is 0. The summed E-state index contributed by atoms with van der Waals surface area (Å²) in [7, 11) is 1.57. The molecule has 0 aliphatic rings. The van der Waals surface area contributed by atoms with Gasteiger partial charge in [0.05, 0.1) is 24.3 Å². The zero-order chi connectivity index (χ0) is 21.3. The number of carbonyl (C=O) groups excluding carboxylic acids is 2. The van der Waals surface area contributed by atoms with Crippen molar-refractivity contribution in [2.75, 3.05) is 13.7 Å². The number of carbonyl (C=O) groups is 2. The molecule has 6 heteroatoms. The molecule has 0 aliphatic carbocycles. The minimum Gasteiger partial charge on any atom is -0.497 e. The lowest BCUT2D eigenvalue weighted by Gasteiger charge is -2.11. The van der Waals surface area contributed by atoms with Gasteiger partial charge in [-0.1, -0.05) is 48.5 Å². The third-order valence-corrected chi connectivity index (χ3v) is 4.44. The van der Waals surface area contributed by atoms with Crippen LogP contribution in [0.25, 0.3) is 11.1 Å². The van der Waals surface area contributed by atoms with Gasteiger partial charge in [0.25, 0.3) is 5.91 Å². The Labute approximate surface area is 174 Å². The van der Waals surface area contributed by atoms with E-state index >= 15 is 0 Å². The van der Waals surface area contributed by atoms with Crippen molar-refractivity contribution in [3.8, 4) is 22.9 Å². The van der Waals surface area contributed by atoms with Crippen LogP contribution in [-0.4, -0.2) is 25.6 Å². The smallest absolute Gasteiger partial charge is 0.339 e. The first-order chi connectivity index (χ1) is 14.6. The van der Waals surface area contributed by atoms with E-state index in [1.165, 1.54) is 0 Å². The van der Waals surface area contributed by atoms with Gasteiger partial charge in [0.2, 0.25) is 0 Å². The van der Waals surface area contributed by atoms with E-state index < -0.39 is 18.5 Å². The molecule has 0 aliphatic heterocycles. The van der Waals surface area contributed by atoms with Crippen LogP contribution in [-0.2, 0) is 16.1 Å². The molecule has 6 nitrogen and oxygen atoms in total. The Hall–Kier alpha value is -4.11. The first-order valence-corrected chi connectivity index (χ1v) is 9.27. The molecule has 1 N–H and O–H groups in total. The summed E-state index contributed by atoms with van der Waals surface area (Å²) in [4.78, 5) is 24.7. The second-order valence-electron chi connectivity index (χ2n) is 6.41. The number of methoxy groups -OCH3 is 1. The second-order valence-corrected chi connectivity index (χ2v) is 6.41. The van der Waals surface area contributed by atoms with Crippen molar-refractivity contribution in [3.05, 3.63) is 89.5 Å². The minimum atomic E-state index is -0.630. The molecule has 0 atom stereocenters. The number of hydrogen-bond donors (Lipinski definition) is 1. The fourth-order valence-corrected chi connectivity index (χ4v) is 2.95. The van der Waals surface area contributed by atoms with Crippen LogP contribution in [0, 0.1) is 11.3 Å². The molecule has 3 rings (SSSR count). The van der Waals surface area contributed by atoms with E-state index in [4.69, 9.17) is 9.47 Å². The number of nitriles is 1. The van der Waals surface area contributed by atoms with Crippen molar-refractivity contribution >= 4 is 11.9 Å². The quantitative estimate of drug-likeness (QED) is 0.611. The molecule has 0 heterocycles. The summed E-state index contributed by atoms with van der Waals surface area (Å²) in [5.74, 6) is -0.349. The zero-order valence-corrected chi connectivity index (χ0v) is 16.4. The minimum absolute atomic E-state index is 0.291. The normalized spacial score (nSPS) is 10.0. The maximum absolute atomic E-state index is 12.6. The molecule has 150 valence electrons. The highest BCUT2D eigenvalue weighted by Crippen LogP contribution is 2.27. The topological polar surface area (TPSA) is 88.4 Å². The third-order valence-electron chi connectivity index (χ3n) is 4.44. The number of esters is 1. The fraction of sp³-hybridized carbons (Fsp3) is 0.125. The van der Waals surface area contributed by atoms with E-state index in [0.29, 0.717) is 34.5 Å². The van der Waals surface area contributed by atoms with E-state index in [9.17, 15) is 14.9 Å². The highest BCUT2D eigenvalue weighted by atomic mass is 16.5. The monoisotopic (exact) mass is 400 g/mol. The molecule has 30 heavy (non-hydrogen) atoms. The number of nitrogens with zero attached hydrogens (tertiary/aromatic N) is 1. The van der Waals surface area contributed by atoms with Gasteiger partial charge < -0.3 is 14.8 Å². The van der Waals surface area contributed by atoms with Gasteiger partial charge in [-0.25, -0.2) is 4.79 Å². The highest BCUT2D eigenvalue weighted by Gasteiger charge is 2.17. The summed E-state index contributed by atoms with van der Waals surface area (Å²) in [6.45, 7) is -0.114. The molecule has 0 bridgehead atoms. The maximum Gasteiger partial charge on any atom is 0.339 e. The Morgan fingerprint density at radius 2 is 1.70 bits per heavy atom. The second kappa shape index (κ2) is 9.89. The van der Waals surface area contributed by atoms with E-state index in [1.54, 1.807) is 55.6 Å². The molecule has 0 saturated carbocycles. The molecule has 3 aromatic rings. The van der Waals surface area contributed by atoms with Gasteiger partial charge in [-0.05, 0) is 35.4 Å². The van der Waals surface area contributed by atoms with Gasteiger partial charge in [-0.2, -0.15) is 5.26 Å². The standard InChI is InChI=1S/C24H20N2O4/c1-29-19-9-6-7-17(13-19)15-26-23(27)16-30-24(28)22-12-5-4-11-21(22)20-10-3-2-8-18(20)14-25/h2-13H,15-16H2,1H3,(H,26,27). The van der Waals surface area contributed by atoms with E-state index in [-0.39, 0.29) is 0 Å². The summed E-state index contributed by atoms with van der Waals surface area (Å²) in [6.07, 6.45) is 0. The van der Waals surface area contributed by atoms with Gasteiger partial charge in [0.15, 0.2) is 6.61 Å². The molecular weight excluding hydrogens is 380 g/mol. The van der Waals surface area contributed by atoms with Crippen LogP contribution in [0.1, 0.15) is 21.5 Å². The van der Waals surface area contributed by atoms with E-state index in [2.05, 4.69) is 11.4 Å². The number of benzene rings is 3. The van der Waals surface area contributed by atoms with Crippen molar-refractivity contribution < 1.29 is 19.1 Å². The molecule has 0 spiro atoms. The molecule has 3 aromatic carbocycles. The molecule has 1 amide bonds. The summed E-state index contributed by atoms with van der Waals surface area (Å²) in [6, 6.07) is 23.3. The number of ether oxygens (including phenoxy) is 2. The molecule has 0 fully saturated rings. The van der Waals surface area contributed by atoms with Crippen LogP contribution < -0.4 is 10.1 Å². The van der Waals surface area contributed by atoms with Gasteiger partial charge in [0.1, 0.15) is 5.75 Å². The van der Waals surface area contributed by atoms with Crippen molar-refractivity contribution in [3.63, 3.8) is 0 Å². The Balaban J connectivity index is 1.64. The molecule has 0 aromatic heterocycles. The number of amides is 1. The maximum atomic E-state index is 12.6. The Morgan fingerprint density at radius 1 is 0.967 bits per heavy atom. The summed E-state index contributed by atoms with van der Waals surface area (Å²) in [5.41, 5.74) is 2.83. The van der Waals surface area contributed by atoms with Gasteiger partial charge in [-0.15, -0.1) is 0 Å². The first-order valence-electron chi connectivity index (χ1n) is 9.27. The molecule has 0 radical (unpaired) electrons. The summed E-state index contributed by atoms with van der Waals surface area (Å²) < 4.78 is 10.4. The largest absolute Gasteiger partial charge is 0.497 e. The Kier molecular flexibility index (Phi) is 6.80. The average Bonchev–Trinajstić information content (AvgIpc) is 2.81. The summed E-state index contributed by atoms with van der Waals surface area (Å²) in [5, 5.41) is 12.1. The Bertz CT molecular complexity index is 1100. The predicted molar refractivity (Wildman–Crippen MR) is 112 cm³/mol. The van der Waals surface area contributed by atoms with Crippen molar-refractivity contribution in [1.82, 2.24) is 5.32 Å². The molecular formula is C24H20N2O4. The lowest BCUT2D eigenvalue weighted by Crippen LogP contribution is -2.28. The lowest BCUT2D eigenvalue weighted by atomic mass is 9.96. The average molecular weight is 400 g/mol. The van der Waals surface area contributed by atoms with E-state index in [1.807, 2.05) is 24.3 Å². The molecule has 0 unspecified atom stereocenters. The van der Waals surface area contributed by atoms with Gasteiger partial charge in [0, 0.05) is 12.1 Å². The SMILES string of the molecule is COc1cccc(CNC(=O)COC(=O)c2ccccc2-c2ccccc2C#N)c1. The zero-order valence-electron chi connectivity index (χ0n) is 16.4. The van der Waals surface area contributed by atoms with Crippen molar-refractivity contribution in [2.24, 2.45) is 0 Å². The van der Waals surface area contributed by atoms with Crippen molar-refractivity contribution in [1.29, 1.82) is 5.26 Å². The number of nitrogens with one attached hydrogen (secondary N) is 1. The van der Waals surface area contributed by atoms with E-state index in [0.717, 1.165) is 5.56 Å². The van der Waals surface area contributed by atoms with Crippen LogP contribution >= 0.6 is 0 Å².